The Kier molecular flexibility index (Phi) is 5.33. The highest BCUT2D eigenvalue weighted by Crippen LogP contribution is 2.23. The summed E-state index contributed by atoms with van der Waals surface area (Å²) in [5, 5.41) is 20.8. The highest BCUT2D eigenvalue weighted by atomic mass is 32.2. The van der Waals surface area contributed by atoms with Gasteiger partial charge in [0.2, 0.25) is 11.8 Å². The number of phenols is 1. The number of aromatic hydroxyl groups is 1. The van der Waals surface area contributed by atoms with Crippen LogP contribution in [0.15, 0.2) is 53.4 Å². The molecule has 1 unspecified atom stereocenters. The summed E-state index contributed by atoms with van der Waals surface area (Å²) in [5.41, 5.74) is 1.22. The number of carbonyl (C=O) groups is 2. The van der Waals surface area contributed by atoms with Gasteiger partial charge >= 0.3 is 0 Å². The van der Waals surface area contributed by atoms with Crippen molar-refractivity contribution in [3.05, 3.63) is 59.7 Å². The number of nitriles is 1. The molecule has 2 aromatic carbocycles. The van der Waals surface area contributed by atoms with E-state index in [4.69, 9.17) is 5.26 Å². The summed E-state index contributed by atoms with van der Waals surface area (Å²) in [6.45, 7) is -0.592. The summed E-state index contributed by atoms with van der Waals surface area (Å²) < 4.78 is 26.4. The van der Waals surface area contributed by atoms with E-state index in [2.05, 4.69) is 5.32 Å². The van der Waals surface area contributed by atoms with Crippen molar-refractivity contribution >= 4 is 21.8 Å². The lowest BCUT2D eigenvalue weighted by atomic mass is 9.98. The third-order valence-electron chi connectivity index (χ3n) is 4.42. The molecular formula is C19H17N3O5S. The lowest BCUT2D eigenvalue weighted by molar-refractivity contribution is -0.131. The normalized spacial score (nSPS) is 17.5. The molecule has 1 saturated heterocycles. The maximum absolute atomic E-state index is 13.0. The Morgan fingerprint density at radius 3 is 2.36 bits per heavy atom. The molecule has 9 heteroatoms. The van der Waals surface area contributed by atoms with Gasteiger partial charge in [-0.15, -0.1) is 0 Å². The zero-order valence-electron chi connectivity index (χ0n) is 14.7. The Balaban J connectivity index is 1.90. The molecule has 0 aliphatic carbocycles. The minimum atomic E-state index is -4.25. The fraction of sp³-hybridized carbons (Fsp3) is 0.211. The van der Waals surface area contributed by atoms with Crippen molar-refractivity contribution in [1.82, 2.24) is 9.62 Å². The molecule has 0 spiro atoms. The van der Waals surface area contributed by atoms with Crippen molar-refractivity contribution in [3.63, 3.8) is 0 Å². The minimum absolute atomic E-state index is 0.0132. The Hall–Kier alpha value is -3.38. The summed E-state index contributed by atoms with van der Waals surface area (Å²) in [6, 6.07) is 13.4. The van der Waals surface area contributed by atoms with Gasteiger partial charge in [-0.3, -0.25) is 9.59 Å². The summed E-state index contributed by atoms with van der Waals surface area (Å²) in [7, 11) is -4.25. The molecular weight excluding hydrogens is 382 g/mol. The van der Waals surface area contributed by atoms with Crippen LogP contribution in [0.1, 0.15) is 11.1 Å². The molecule has 1 heterocycles. The third-order valence-corrected chi connectivity index (χ3v) is 6.17. The van der Waals surface area contributed by atoms with Gasteiger partial charge in [0.15, 0.2) is 0 Å². The number of nitrogens with zero attached hydrogens (tertiary/aromatic N) is 2. The number of amides is 2. The zero-order valence-corrected chi connectivity index (χ0v) is 15.5. The smallest absolute Gasteiger partial charge is 0.266 e. The van der Waals surface area contributed by atoms with Crippen molar-refractivity contribution in [1.29, 1.82) is 5.26 Å². The summed E-state index contributed by atoms with van der Waals surface area (Å²) in [5.74, 6) is -2.14. The SMILES string of the molecule is N#Cc1ccc(CC2CNC(=O)CN(S(=O)(=O)c3ccc(O)cc3)C2=O)cc1. The fourth-order valence-electron chi connectivity index (χ4n) is 2.90. The topological polar surface area (TPSA) is 128 Å². The zero-order chi connectivity index (χ0) is 20.3. The lowest BCUT2D eigenvalue weighted by Gasteiger charge is -2.23. The highest BCUT2D eigenvalue weighted by molar-refractivity contribution is 7.89. The average Bonchev–Trinajstić information content (AvgIpc) is 2.82. The van der Waals surface area contributed by atoms with Gasteiger partial charge in [-0.05, 0) is 48.4 Å². The molecule has 144 valence electrons. The Bertz CT molecular complexity index is 1040. The van der Waals surface area contributed by atoms with Crippen molar-refractivity contribution in [3.8, 4) is 11.8 Å². The molecule has 8 nitrogen and oxygen atoms in total. The first kappa shape index (κ1) is 19.4. The van der Waals surface area contributed by atoms with Crippen LogP contribution in [-0.4, -0.2) is 42.7 Å². The fourth-order valence-corrected chi connectivity index (χ4v) is 4.31. The lowest BCUT2D eigenvalue weighted by Crippen LogP contribution is -2.42. The second kappa shape index (κ2) is 7.70. The number of nitrogens with one attached hydrogen (secondary N) is 1. The number of sulfonamides is 1. The van der Waals surface area contributed by atoms with Gasteiger partial charge in [-0.25, -0.2) is 12.7 Å². The molecule has 1 aliphatic rings. The van der Waals surface area contributed by atoms with Crippen LogP contribution < -0.4 is 5.32 Å². The van der Waals surface area contributed by atoms with Crippen LogP contribution in [0.25, 0.3) is 0 Å². The van der Waals surface area contributed by atoms with Crippen LogP contribution in [0.3, 0.4) is 0 Å². The molecule has 0 saturated carbocycles. The molecule has 28 heavy (non-hydrogen) atoms. The summed E-state index contributed by atoms with van der Waals surface area (Å²) >= 11 is 0. The van der Waals surface area contributed by atoms with E-state index in [1.807, 2.05) is 6.07 Å². The Morgan fingerprint density at radius 1 is 1.11 bits per heavy atom. The molecule has 1 fully saturated rings. The molecule has 3 rings (SSSR count). The molecule has 2 aromatic rings. The number of carbonyl (C=O) groups excluding carboxylic acids is 2. The number of hydrogen-bond acceptors (Lipinski definition) is 6. The summed E-state index contributed by atoms with van der Waals surface area (Å²) in [6.07, 6.45) is 0.215. The largest absolute Gasteiger partial charge is 0.508 e. The monoisotopic (exact) mass is 399 g/mol. The maximum atomic E-state index is 13.0. The van der Waals surface area contributed by atoms with Gasteiger partial charge in [-0.2, -0.15) is 5.26 Å². The van der Waals surface area contributed by atoms with Crippen molar-refractivity contribution in [2.75, 3.05) is 13.1 Å². The molecule has 2 N–H and O–H groups in total. The van der Waals surface area contributed by atoms with Gasteiger partial charge < -0.3 is 10.4 Å². The van der Waals surface area contributed by atoms with Crippen molar-refractivity contribution in [2.24, 2.45) is 5.92 Å². The van der Waals surface area contributed by atoms with Gasteiger partial charge in [0, 0.05) is 6.54 Å². The quantitative estimate of drug-likeness (QED) is 0.782. The van der Waals surface area contributed by atoms with Gasteiger partial charge in [-0.1, -0.05) is 12.1 Å². The predicted molar refractivity (Wildman–Crippen MR) is 98.4 cm³/mol. The standard InChI is InChI=1S/C19H17N3O5S/c20-10-14-3-1-13(2-4-14)9-15-11-21-18(24)12-22(19(15)25)28(26,27)17-7-5-16(23)6-8-17/h1-8,15,23H,9,11-12H2,(H,21,24). The first-order valence-electron chi connectivity index (χ1n) is 8.42. The van der Waals surface area contributed by atoms with Gasteiger partial charge in [0.05, 0.1) is 22.4 Å². The minimum Gasteiger partial charge on any atom is -0.508 e. The number of rotatable bonds is 4. The molecule has 2 amide bonds. The Labute approximate surface area is 162 Å². The van der Waals surface area contributed by atoms with Gasteiger partial charge in [0.1, 0.15) is 12.3 Å². The maximum Gasteiger partial charge on any atom is 0.266 e. The Morgan fingerprint density at radius 2 is 1.75 bits per heavy atom. The van der Waals surface area contributed by atoms with E-state index >= 15 is 0 Å². The van der Waals surface area contributed by atoms with Crippen LogP contribution in [-0.2, 0) is 26.0 Å². The molecule has 0 bridgehead atoms. The number of hydrogen-bond donors (Lipinski definition) is 2. The molecule has 0 radical (unpaired) electrons. The molecule has 1 atom stereocenters. The summed E-state index contributed by atoms with van der Waals surface area (Å²) in [4.78, 5) is 24.8. The van der Waals surface area contributed by atoms with E-state index in [1.165, 1.54) is 24.3 Å². The second-order valence-electron chi connectivity index (χ2n) is 6.36. The van der Waals surface area contributed by atoms with Crippen LogP contribution in [0.4, 0.5) is 0 Å². The van der Waals surface area contributed by atoms with Crippen LogP contribution in [0, 0.1) is 17.2 Å². The van der Waals surface area contributed by atoms with E-state index < -0.39 is 34.3 Å². The first-order valence-corrected chi connectivity index (χ1v) is 9.86. The van der Waals surface area contributed by atoms with Crippen LogP contribution in [0.5, 0.6) is 5.75 Å². The van der Waals surface area contributed by atoms with E-state index in [-0.39, 0.29) is 23.6 Å². The number of phenolic OH excluding ortho intramolecular Hbond substituents is 1. The molecule has 1 aliphatic heterocycles. The average molecular weight is 399 g/mol. The van der Waals surface area contributed by atoms with E-state index in [0.717, 1.165) is 5.56 Å². The predicted octanol–water partition coefficient (Wildman–Crippen LogP) is 0.770. The first-order chi connectivity index (χ1) is 13.3. The molecule has 0 aromatic heterocycles. The van der Waals surface area contributed by atoms with Gasteiger partial charge in [0.25, 0.3) is 10.0 Å². The highest BCUT2D eigenvalue weighted by Gasteiger charge is 2.38. The van der Waals surface area contributed by atoms with Crippen LogP contribution in [0.2, 0.25) is 0 Å². The number of benzene rings is 2. The van der Waals surface area contributed by atoms with E-state index in [1.54, 1.807) is 24.3 Å². The second-order valence-corrected chi connectivity index (χ2v) is 8.22. The van der Waals surface area contributed by atoms with E-state index in [9.17, 15) is 23.1 Å². The van der Waals surface area contributed by atoms with Crippen LogP contribution >= 0.6 is 0 Å². The third kappa shape index (κ3) is 3.97. The van der Waals surface area contributed by atoms with Crippen molar-refractivity contribution < 1.29 is 23.1 Å². The van der Waals surface area contributed by atoms with Crippen molar-refractivity contribution in [2.45, 2.75) is 11.3 Å². The van der Waals surface area contributed by atoms with E-state index in [0.29, 0.717) is 9.87 Å².